The van der Waals surface area contributed by atoms with E-state index in [0.717, 1.165) is 49.8 Å². The number of H-pyrrole nitrogens is 6. The van der Waals surface area contributed by atoms with Crippen LogP contribution in [0.5, 0.6) is 104 Å². The Labute approximate surface area is 823 Å². The van der Waals surface area contributed by atoms with Crippen LogP contribution in [0.4, 0.5) is 0 Å². The summed E-state index contributed by atoms with van der Waals surface area (Å²) < 4.78 is 94.5. The van der Waals surface area contributed by atoms with Crippen molar-refractivity contribution in [2.75, 3.05) is 128 Å². The number of nitrogens with one attached hydrogen (secondary N) is 6. The highest BCUT2D eigenvalue weighted by atomic mass is 16.5. The standard InChI is InChI=1S/2C18H18N2O4.4C17H17N3O4/c1-10-15(22-2)5-11(6-16(10)23-3)18(21)13-9-19-14-7-17(24-4)20-8-12(13)14;1-10-15(23-3)5-11(6-16(10)24-4)18(21)13-9-19-14-7-12(22-2)8-20-17(13)14;1-9-13(22-2)5-10(6-14(9)23-3)17(21)16-11-8-18-15(24-4)7-12(11)19-20-16;1-9-12(22-2)5-10(6-13(9)23-3)16(21)11-7-19-17-15(11)18-8-14(20-17)24-4;1-9-13(23-3)5-10(6-14(9)24-4)17(21)16-15-12(19-20-16)7-11(22-2)8-18-15;1-9-12(22-2)7-10(8-13(9)23-3)16(21)15-11-5-6-14(24-4)18-17(11)20-19-15/h2*5-9,19H,1-4H3;3*5-8H,1-4H3,(H,19,20);5-8H,1-4H3,(H,18,19,20). The normalized spacial score (nSPS) is 10.7. The van der Waals surface area contributed by atoms with Gasteiger partial charge < -0.3 is 100 Å². The third-order valence-electron chi connectivity index (χ3n) is 23.4. The molecule has 0 atom stereocenters. The maximum atomic E-state index is 12.9. The van der Waals surface area contributed by atoms with E-state index < -0.39 is 0 Å². The van der Waals surface area contributed by atoms with Crippen LogP contribution in [0.25, 0.3) is 66.1 Å². The highest BCUT2D eigenvalue weighted by Gasteiger charge is 2.29. The lowest BCUT2D eigenvalue weighted by Gasteiger charge is -2.12. The molecule has 18 rings (SSSR count). The molecule has 40 heteroatoms. The summed E-state index contributed by atoms with van der Waals surface area (Å²) in [5, 5.41) is 22.7. The summed E-state index contributed by atoms with van der Waals surface area (Å²) in [5.41, 5.74) is 15.4. The molecule has 6 aromatic carbocycles. The van der Waals surface area contributed by atoms with Gasteiger partial charge in [-0.25, -0.2) is 24.9 Å². The molecule has 0 saturated carbocycles. The molecule has 0 unspecified atom stereocenters. The summed E-state index contributed by atoms with van der Waals surface area (Å²) in [6.07, 6.45) is 12.7. The van der Waals surface area contributed by atoms with Crippen molar-refractivity contribution >= 4 is 101 Å². The molecule has 40 nitrogen and oxygen atoms in total. The predicted octanol–water partition coefficient (Wildman–Crippen LogP) is 16.3. The summed E-state index contributed by atoms with van der Waals surface area (Å²) in [4.78, 5) is 116. The first-order valence-electron chi connectivity index (χ1n) is 43.7. The molecule has 0 aliphatic rings. The molecule has 0 radical (unpaired) electrons. The number of nitrogens with zero attached hydrogens (tertiary/aromatic N) is 10. The molecule has 0 amide bonds. The number of aromatic amines is 6. The highest BCUT2D eigenvalue weighted by molar-refractivity contribution is 6.20. The Bertz CT molecular complexity index is 6520. The number of pyridine rings is 5. The number of ketones is 6. The Hall–Kier alpha value is -18.4. The van der Waals surface area contributed by atoms with Crippen molar-refractivity contribution in [2.24, 2.45) is 0 Å². The second-order valence-corrected chi connectivity index (χ2v) is 31.3. The fourth-order valence-electron chi connectivity index (χ4n) is 15.4. The van der Waals surface area contributed by atoms with Crippen molar-refractivity contribution in [3.8, 4) is 104 Å². The summed E-state index contributed by atoms with van der Waals surface area (Å²) >= 11 is 0. The van der Waals surface area contributed by atoms with E-state index in [-0.39, 0.29) is 46.1 Å². The third-order valence-corrected chi connectivity index (χ3v) is 23.4. The number of benzene rings is 6. The molecule has 0 aliphatic heterocycles. The van der Waals surface area contributed by atoms with Crippen LogP contribution in [0.1, 0.15) is 129 Å². The molecule has 0 spiro atoms. The Balaban J connectivity index is 0.000000145. The average Bonchev–Trinajstić information content (AvgIpc) is 1.78. The van der Waals surface area contributed by atoms with Crippen LogP contribution in [0.15, 0.2) is 159 Å². The minimum absolute atomic E-state index is 0.134. The maximum absolute atomic E-state index is 12.9. The molecule has 12 aromatic heterocycles. The van der Waals surface area contributed by atoms with Crippen LogP contribution >= 0.6 is 0 Å². The van der Waals surface area contributed by atoms with Gasteiger partial charge in [0, 0.05) is 144 Å². The molecular formula is C104H104N16O24. The van der Waals surface area contributed by atoms with E-state index >= 15 is 0 Å². The molecule has 144 heavy (non-hydrogen) atoms. The van der Waals surface area contributed by atoms with Gasteiger partial charge in [-0.15, -0.1) is 0 Å². The first kappa shape index (κ1) is 103. The summed E-state index contributed by atoms with van der Waals surface area (Å²) in [7, 11) is 27.9. The second-order valence-electron chi connectivity index (χ2n) is 31.3. The second kappa shape index (κ2) is 45.9. The van der Waals surface area contributed by atoms with Gasteiger partial charge in [0.05, 0.1) is 191 Å². The largest absolute Gasteiger partial charge is 0.496 e. The number of aromatic nitrogens is 16. The first-order chi connectivity index (χ1) is 69.5. The molecule has 6 N–H and O–H groups in total. The van der Waals surface area contributed by atoms with Crippen molar-refractivity contribution in [1.29, 1.82) is 0 Å². The van der Waals surface area contributed by atoms with E-state index in [1.165, 1.54) is 27.5 Å². The lowest BCUT2D eigenvalue weighted by atomic mass is 10.0. The van der Waals surface area contributed by atoms with E-state index in [0.29, 0.717) is 209 Å². The topological polar surface area (TPSA) is 492 Å². The van der Waals surface area contributed by atoms with Gasteiger partial charge >= 0.3 is 0 Å². The van der Waals surface area contributed by atoms with Crippen molar-refractivity contribution in [3.05, 3.63) is 259 Å². The molecule has 18 aromatic rings. The van der Waals surface area contributed by atoms with Crippen LogP contribution in [0.3, 0.4) is 0 Å². The van der Waals surface area contributed by atoms with Crippen LogP contribution < -0.4 is 85.3 Å². The molecule has 12 heterocycles. The summed E-state index contributed by atoms with van der Waals surface area (Å²) in [6, 6.07) is 30.7. The van der Waals surface area contributed by atoms with E-state index in [2.05, 4.69) is 80.4 Å². The van der Waals surface area contributed by atoms with Gasteiger partial charge in [-0.3, -0.25) is 44.1 Å². The summed E-state index contributed by atoms with van der Waals surface area (Å²) in [6.45, 7) is 11.2. The Morgan fingerprint density at radius 1 is 0.243 bits per heavy atom. The van der Waals surface area contributed by atoms with Crippen molar-refractivity contribution in [2.45, 2.75) is 41.5 Å². The number of hydrogen-bond acceptors (Lipinski definition) is 34. The number of fused-ring (bicyclic) bond motifs is 6. The number of ether oxygens (including phenoxy) is 18. The lowest BCUT2D eigenvalue weighted by Crippen LogP contribution is -2.05. The zero-order valence-electron chi connectivity index (χ0n) is 83.3. The molecule has 744 valence electrons. The fourth-order valence-corrected chi connectivity index (χ4v) is 15.4. The van der Waals surface area contributed by atoms with Crippen LogP contribution in [-0.2, 0) is 0 Å². The third kappa shape index (κ3) is 21.6. The molecule has 0 aliphatic carbocycles. The Kier molecular flexibility index (Phi) is 32.8. The van der Waals surface area contributed by atoms with Crippen molar-refractivity contribution in [1.82, 2.24) is 80.4 Å². The van der Waals surface area contributed by atoms with Crippen LogP contribution in [0, 0.1) is 41.5 Å². The van der Waals surface area contributed by atoms with Gasteiger partial charge in [0.15, 0.2) is 34.3 Å². The van der Waals surface area contributed by atoms with Crippen molar-refractivity contribution in [3.63, 3.8) is 0 Å². The Morgan fingerprint density at radius 3 is 1.01 bits per heavy atom. The molecular weight excluding hydrogens is 1860 g/mol. The van der Waals surface area contributed by atoms with Crippen LogP contribution in [0.2, 0.25) is 0 Å². The monoisotopic (exact) mass is 1960 g/mol. The van der Waals surface area contributed by atoms with Crippen molar-refractivity contribution < 1.29 is 114 Å². The molecule has 0 bridgehead atoms. The zero-order chi connectivity index (χ0) is 104. The Morgan fingerprint density at radius 2 is 0.583 bits per heavy atom. The van der Waals surface area contributed by atoms with Gasteiger partial charge in [-0.2, -0.15) is 25.3 Å². The van der Waals surface area contributed by atoms with Gasteiger partial charge in [-0.05, 0) is 120 Å². The summed E-state index contributed by atoms with van der Waals surface area (Å²) in [5.74, 6) is 8.82. The van der Waals surface area contributed by atoms with Gasteiger partial charge in [-0.1, -0.05) is 0 Å². The van der Waals surface area contributed by atoms with Gasteiger partial charge in [0.1, 0.15) is 103 Å². The zero-order valence-corrected chi connectivity index (χ0v) is 83.3. The van der Waals surface area contributed by atoms with E-state index in [9.17, 15) is 28.8 Å². The highest BCUT2D eigenvalue weighted by Crippen LogP contribution is 2.40. The quantitative estimate of drug-likeness (QED) is 0.0228. The number of hydrogen-bond donors (Lipinski definition) is 6. The van der Waals surface area contributed by atoms with E-state index in [1.54, 1.807) is 259 Å². The average molecular weight is 1960 g/mol. The van der Waals surface area contributed by atoms with E-state index in [1.807, 2.05) is 41.5 Å². The number of carbonyl (C=O) groups is 6. The SMILES string of the molecule is COc1cc2[nH]cc(C(=O)c3cc(OC)c(C)c(OC)c3)c2cn1.COc1cc2[nH]nc(C(=O)c3cc(OC)c(C)c(OC)c3)c2cn1.COc1ccc2c(C(=O)c3cc(OC)c(C)c(OC)c3)[nH]nc2n1.COc1cnc2c(C(=O)c3cc(OC)c(C)c(OC)c3)c[nH]c2c1.COc1cnc2c(C(=O)c3cc(OC)c(C)c(OC)c3)c[nH]c2n1.COc1cnc2c(C(=O)c3cc(OC)c(C)c(OC)c3)n[nH]c2c1. The maximum Gasteiger partial charge on any atom is 0.234 e. The minimum Gasteiger partial charge on any atom is -0.496 e. The smallest absolute Gasteiger partial charge is 0.234 e. The molecule has 0 saturated heterocycles. The fraction of sp³-hybridized carbons (Fsp3) is 0.231. The lowest BCUT2D eigenvalue weighted by molar-refractivity contribution is 0.102. The number of carbonyl (C=O) groups excluding carboxylic acids is 6. The van der Waals surface area contributed by atoms with E-state index in [4.69, 9.17) is 85.3 Å². The van der Waals surface area contributed by atoms with Crippen LogP contribution in [-0.4, -0.2) is 243 Å². The van der Waals surface area contributed by atoms with Gasteiger partial charge in [0.25, 0.3) is 0 Å². The number of rotatable bonds is 30. The molecule has 0 fully saturated rings. The van der Waals surface area contributed by atoms with Gasteiger partial charge in [0.2, 0.25) is 40.9 Å². The number of methoxy groups -OCH3 is 18. The minimum atomic E-state index is -0.268. The predicted molar refractivity (Wildman–Crippen MR) is 533 cm³/mol. The first-order valence-corrected chi connectivity index (χ1v) is 43.7.